The predicted molar refractivity (Wildman–Crippen MR) is 66.2 cm³/mol. The Labute approximate surface area is 97.1 Å². The van der Waals surface area contributed by atoms with Gasteiger partial charge < -0.3 is 0 Å². The van der Waals surface area contributed by atoms with Crippen LogP contribution in [0.5, 0.6) is 0 Å². The molecule has 0 nitrogen and oxygen atoms in total. The van der Waals surface area contributed by atoms with Gasteiger partial charge in [0.05, 0.1) is 0 Å². The van der Waals surface area contributed by atoms with Crippen molar-refractivity contribution in [2.24, 2.45) is 17.8 Å². The minimum absolute atomic E-state index is 0.856. The lowest BCUT2D eigenvalue weighted by Gasteiger charge is -2.21. The molecule has 2 aliphatic rings. The number of hydrogen-bond donors (Lipinski definition) is 0. The first-order valence-electron chi connectivity index (χ1n) is 5.67. The van der Waals surface area contributed by atoms with Crippen LogP contribution in [0.2, 0.25) is 12.1 Å². The van der Waals surface area contributed by atoms with Crippen molar-refractivity contribution in [1.82, 2.24) is 0 Å². The van der Waals surface area contributed by atoms with Gasteiger partial charge in [-0.25, -0.2) is 0 Å². The smallest absolute Gasteiger partial charge is 0.146 e. The third-order valence-corrected chi connectivity index (χ3v) is 8.61. The molecule has 2 aliphatic carbocycles. The van der Waals surface area contributed by atoms with Crippen LogP contribution in [-0.2, 0) is 0 Å². The summed E-state index contributed by atoms with van der Waals surface area (Å²) >= 11 is 12.6. The minimum Gasteiger partial charge on any atom is -0.146 e. The molecule has 0 aromatic rings. The van der Waals surface area contributed by atoms with E-state index in [1.54, 1.807) is 0 Å². The lowest BCUT2D eigenvalue weighted by Crippen LogP contribution is -2.19. The molecule has 2 bridgehead atoms. The van der Waals surface area contributed by atoms with Crippen LogP contribution in [0.25, 0.3) is 0 Å². The fourth-order valence-corrected chi connectivity index (χ4v) is 4.60. The third-order valence-electron chi connectivity index (χ3n) is 3.81. The number of hydrogen-bond acceptors (Lipinski definition) is 0. The minimum atomic E-state index is -1.85. The standard InChI is InChI=1S/C11H18Cl2Si/c1-2-14(12,13)6-5-11-8-9-3-4-10(11)7-9/h3-4,9-11H,2,5-8H2,1H3. The van der Waals surface area contributed by atoms with E-state index in [-0.39, 0.29) is 0 Å². The Morgan fingerprint density at radius 2 is 2.07 bits per heavy atom. The Morgan fingerprint density at radius 3 is 2.57 bits per heavy atom. The molecule has 0 spiro atoms. The van der Waals surface area contributed by atoms with Crippen molar-refractivity contribution >= 4 is 28.9 Å². The zero-order valence-electron chi connectivity index (χ0n) is 8.68. The van der Waals surface area contributed by atoms with E-state index in [0.717, 1.165) is 29.8 Å². The lowest BCUT2D eigenvalue weighted by atomic mass is 9.91. The average Bonchev–Trinajstić information content (AvgIpc) is 2.76. The molecule has 0 saturated heterocycles. The molecular formula is C11H18Cl2Si. The van der Waals surface area contributed by atoms with Crippen molar-refractivity contribution in [3.05, 3.63) is 12.2 Å². The monoisotopic (exact) mass is 248 g/mol. The highest BCUT2D eigenvalue weighted by molar-refractivity contribution is 7.45. The van der Waals surface area contributed by atoms with Crippen molar-refractivity contribution < 1.29 is 0 Å². The van der Waals surface area contributed by atoms with Crippen molar-refractivity contribution in [2.75, 3.05) is 0 Å². The van der Waals surface area contributed by atoms with Crippen molar-refractivity contribution in [2.45, 2.75) is 38.3 Å². The average molecular weight is 249 g/mol. The third kappa shape index (κ3) is 2.37. The van der Waals surface area contributed by atoms with Gasteiger partial charge in [0.25, 0.3) is 6.69 Å². The first kappa shape index (κ1) is 11.0. The van der Waals surface area contributed by atoms with Crippen LogP contribution in [0.4, 0.5) is 0 Å². The van der Waals surface area contributed by atoms with E-state index in [1.807, 2.05) is 0 Å². The number of allylic oxidation sites excluding steroid dienone is 2. The van der Waals surface area contributed by atoms with Gasteiger partial charge in [-0.1, -0.05) is 25.5 Å². The fraction of sp³-hybridized carbons (Fsp3) is 0.818. The molecule has 0 aliphatic heterocycles. The van der Waals surface area contributed by atoms with Crippen LogP contribution < -0.4 is 0 Å². The van der Waals surface area contributed by atoms with E-state index >= 15 is 0 Å². The van der Waals surface area contributed by atoms with Gasteiger partial charge in [-0.3, -0.25) is 0 Å². The fourth-order valence-electron chi connectivity index (χ4n) is 2.80. The number of halogens is 2. The molecule has 14 heavy (non-hydrogen) atoms. The van der Waals surface area contributed by atoms with Gasteiger partial charge in [0.2, 0.25) is 0 Å². The first-order valence-corrected chi connectivity index (χ1v) is 10.1. The summed E-state index contributed by atoms with van der Waals surface area (Å²) in [5, 5.41) is 0. The van der Waals surface area contributed by atoms with Gasteiger partial charge in [-0.05, 0) is 42.7 Å². The van der Waals surface area contributed by atoms with Crippen molar-refractivity contribution in [3.63, 3.8) is 0 Å². The van der Waals surface area contributed by atoms with Crippen molar-refractivity contribution in [3.8, 4) is 0 Å². The summed E-state index contributed by atoms with van der Waals surface area (Å²) in [5.74, 6) is 2.63. The second kappa shape index (κ2) is 4.19. The quantitative estimate of drug-likeness (QED) is 0.390. The van der Waals surface area contributed by atoms with E-state index in [4.69, 9.17) is 22.2 Å². The molecule has 0 amide bonds. The topological polar surface area (TPSA) is 0 Å². The van der Waals surface area contributed by atoms with Crippen LogP contribution >= 0.6 is 22.2 Å². The molecule has 0 aromatic heterocycles. The van der Waals surface area contributed by atoms with Crippen LogP contribution in [0.3, 0.4) is 0 Å². The molecule has 80 valence electrons. The zero-order chi connectivity index (χ0) is 10.2. The predicted octanol–water partition coefficient (Wildman–Crippen LogP) is 4.53. The summed E-state index contributed by atoms with van der Waals surface area (Å²) in [5.41, 5.74) is 0. The maximum atomic E-state index is 6.29. The molecule has 3 unspecified atom stereocenters. The summed E-state index contributed by atoms with van der Waals surface area (Å²) < 4.78 is 0. The molecular weight excluding hydrogens is 231 g/mol. The molecule has 0 aromatic carbocycles. The van der Waals surface area contributed by atoms with Gasteiger partial charge >= 0.3 is 0 Å². The summed E-state index contributed by atoms with van der Waals surface area (Å²) in [4.78, 5) is 0. The zero-order valence-corrected chi connectivity index (χ0v) is 11.2. The lowest BCUT2D eigenvalue weighted by molar-refractivity contribution is 0.433. The van der Waals surface area contributed by atoms with Gasteiger partial charge in [-0.15, -0.1) is 22.2 Å². The maximum absolute atomic E-state index is 6.29. The van der Waals surface area contributed by atoms with Gasteiger partial charge in [0.1, 0.15) is 0 Å². The Balaban J connectivity index is 1.80. The molecule has 0 N–H and O–H groups in total. The van der Waals surface area contributed by atoms with E-state index in [0.29, 0.717) is 0 Å². The highest BCUT2D eigenvalue weighted by atomic mass is 35.7. The number of fused-ring (bicyclic) bond motifs is 2. The SMILES string of the molecule is CC[Si](Cl)(Cl)CCC1CC2C=CC1C2. The summed E-state index contributed by atoms with van der Waals surface area (Å²) in [6.07, 6.45) is 8.86. The molecule has 3 heteroatoms. The Hall–Kier alpha value is 0.537. The highest BCUT2D eigenvalue weighted by Crippen LogP contribution is 2.46. The molecule has 0 radical (unpaired) electrons. The maximum Gasteiger partial charge on any atom is 0.251 e. The van der Waals surface area contributed by atoms with Crippen molar-refractivity contribution in [1.29, 1.82) is 0 Å². The van der Waals surface area contributed by atoms with E-state index < -0.39 is 6.69 Å². The molecule has 1 saturated carbocycles. The van der Waals surface area contributed by atoms with Crippen LogP contribution in [0.15, 0.2) is 12.2 Å². The number of rotatable bonds is 4. The Morgan fingerprint density at radius 1 is 1.29 bits per heavy atom. The first-order chi connectivity index (χ1) is 6.61. The van der Waals surface area contributed by atoms with E-state index in [2.05, 4.69) is 19.1 Å². The molecule has 2 rings (SSSR count). The molecule has 3 atom stereocenters. The summed E-state index contributed by atoms with van der Waals surface area (Å²) in [6, 6.07) is 2.08. The largest absolute Gasteiger partial charge is 0.251 e. The van der Waals surface area contributed by atoms with Crippen LogP contribution in [-0.4, -0.2) is 6.69 Å². The summed E-state index contributed by atoms with van der Waals surface area (Å²) in [7, 11) is 0. The second-order valence-electron chi connectivity index (χ2n) is 4.79. The summed E-state index contributed by atoms with van der Waals surface area (Å²) in [6.45, 7) is 0.266. The van der Waals surface area contributed by atoms with Gasteiger partial charge in [0.15, 0.2) is 0 Å². The van der Waals surface area contributed by atoms with Gasteiger partial charge in [-0.2, -0.15) is 0 Å². The van der Waals surface area contributed by atoms with Crippen LogP contribution in [0, 0.1) is 17.8 Å². The molecule has 0 heterocycles. The van der Waals surface area contributed by atoms with Gasteiger partial charge in [0, 0.05) is 0 Å². The highest BCUT2D eigenvalue weighted by Gasteiger charge is 2.37. The molecule has 1 fully saturated rings. The van der Waals surface area contributed by atoms with Crippen LogP contribution in [0.1, 0.15) is 26.2 Å². The van der Waals surface area contributed by atoms with E-state index in [1.165, 1.54) is 19.3 Å². The Kier molecular flexibility index (Phi) is 3.30. The van der Waals surface area contributed by atoms with E-state index in [9.17, 15) is 0 Å². The second-order valence-corrected chi connectivity index (χ2v) is 12.6. The Bertz CT molecular complexity index is 237. The normalized spacial score (nSPS) is 35.5.